The lowest BCUT2D eigenvalue weighted by molar-refractivity contribution is 0.126. The fourth-order valence-electron chi connectivity index (χ4n) is 2.75. The van der Waals surface area contributed by atoms with Crippen LogP contribution in [0.1, 0.15) is 31.2 Å². The highest BCUT2D eigenvalue weighted by atomic mass is 32.2. The van der Waals surface area contributed by atoms with Crippen LogP contribution in [0.25, 0.3) is 0 Å². The summed E-state index contributed by atoms with van der Waals surface area (Å²) in [7, 11) is 0. The fraction of sp³-hybridized carbons (Fsp3) is 0.625. The van der Waals surface area contributed by atoms with Crippen LogP contribution in [0.4, 0.5) is 0 Å². The summed E-state index contributed by atoms with van der Waals surface area (Å²) in [4.78, 5) is 3.93. The van der Waals surface area contributed by atoms with Gasteiger partial charge < -0.3 is 5.11 Å². The van der Waals surface area contributed by atoms with Crippen molar-refractivity contribution in [2.75, 3.05) is 25.4 Å². The van der Waals surface area contributed by atoms with E-state index in [2.05, 4.69) is 36.1 Å². The van der Waals surface area contributed by atoms with E-state index < -0.39 is 0 Å². The molecule has 1 saturated heterocycles. The molecule has 1 aliphatic rings. The summed E-state index contributed by atoms with van der Waals surface area (Å²) in [6.07, 6.45) is 4.84. The van der Waals surface area contributed by atoms with Gasteiger partial charge in [-0.05, 0) is 44.9 Å². The third kappa shape index (κ3) is 4.83. The quantitative estimate of drug-likeness (QED) is 0.808. The predicted octanol–water partition coefficient (Wildman–Crippen LogP) is 3.32. The monoisotopic (exact) mass is 279 g/mol. The zero-order valence-corrected chi connectivity index (χ0v) is 12.7. The molecule has 0 amide bonds. The zero-order valence-electron chi connectivity index (χ0n) is 11.8. The number of thioether (sulfide) groups is 1. The first kappa shape index (κ1) is 14.9. The van der Waals surface area contributed by atoms with E-state index in [1.165, 1.54) is 36.3 Å². The van der Waals surface area contributed by atoms with Gasteiger partial charge in [0.2, 0.25) is 0 Å². The van der Waals surface area contributed by atoms with Crippen molar-refractivity contribution in [3.05, 3.63) is 29.8 Å². The number of benzene rings is 1. The molecule has 1 fully saturated rings. The van der Waals surface area contributed by atoms with Gasteiger partial charge in [0.05, 0.1) is 0 Å². The normalized spacial score (nSPS) is 20.6. The van der Waals surface area contributed by atoms with Crippen LogP contribution in [-0.2, 0) is 0 Å². The lowest BCUT2D eigenvalue weighted by Crippen LogP contribution is -2.41. The first-order valence-corrected chi connectivity index (χ1v) is 8.32. The summed E-state index contributed by atoms with van der Waals surface area (Å²) in [5, 5.41) is 9.13. The Morgan fingerprint density at radius 2 is 2.05 bits per heavy atom. The molecule has 3 heteroatoms. The van der Waals surface area contributed by atoms with E-state index in [0.29, 0.717) is 12.6 Å². The Morgan fingerprint density at radius 1 is 1.26 bits per heavy atom. The number of aliphatic hydroxyl groups is 1. The van der Waals surface area contributed by atoms with Gasteiger partial charge in [-0.3, -0.25) is 4.90 Å². The minimum atomic E-state index is 0.326. The molecule has 2 nitrogen and oxygen atoms in total. The Labute approximate surface area is 121 Å². The molecule has 19 heavy (non-hydrogen) atoms. The number of aryl methyl sites for hydroxylation is 1. The molecule has 2 rings (SSSR count). The molecule has 0 bridgehead atoms. The first-order chi connectivity index (χ1) is 9.29. The predicted molar refractivity (Wildman–Crippen MR) is 82.8 cm³/mol. The van der Waals surface area contributed by atoms with Gasteiger partial charge in [0.25, 0.3) is 0 Å². The SMILES string of the molecule is Cc1ccc(SCCN2CCCCC2CCO)cc1. The summed E-state index contributed by atoms with van der Waals surface area (Å²) < 4.78 is 0. The Morgan fingerprint density at radius 3 is 2.79 bits per heavy atom. The number of aliphatic hydroxyl groups excluding tert-OH is 1. The summed E-state index contributed by atoms with van der Waals surface area (Å²) in [6, 6.07) is 9.38. The molecule has 1 N–H and O–H groups in total. The standard InChI is InChI=1S/C16H25NOS/c1-14-5-7-16(8-6-14)19-13-11-17-10-3-2-4-15(17)9-12-18/h5-8,15,18H,2-4,9-13H2,1H3. The summed E-state index contributed by atoms with van der Waals surface area (Å²) in [6.45, 7) is 4.80. The number of likely N-dealkylation sites (tertiary alicyclic amines) is 1. The summed E-state index contributed by atoms with van der Waals surface area (Å²) in [5.74, 6) is 1.14. The minimum Gasteiger partial charge on any atom is -0.396 e. The second kappa shape index (κ2) is 7.93. The highest BCUT2D eigenvalue weighted by molar-refractivity contribution is 7.99. The Hall–Kier alpha value is -0.510. The van der Waals surface area contributed by atoms with Crippen molar-refractivity contribution >= 4 is 11.8 Å². The molecule has 1 aromatic rings. The third-order valence-electron chi connectivity index (χ3n) is 3.88. The second-order valence-electron chi connectivity index (χ2n) is 5.36. The van der Waals surface area contributed by atoms with E-state index in [4.69, 9.17) is 5.11 Å². The molecule has 0 radical (unpaired) electrons. The fourth-order valence-corrected chi connectivity index (χ4v) is 3.64. The first-order valence-electron chi connectivity index (χ1n) is 7.34. The molecule has 0 saturated carbocycles. The topological polar surface area (TPSA) is 23.5 Å². The third-order valence-corrected chi connectivity index (χ3v) is 4.87. The smallest absolute Gasteiger partial charge is 0.0445 e. The molecule has 106 valence electrons. The molecule has 1 aliphatic heterocycles. The molecule has 0 aromatic heterocycles. The van der Waals surface area contributed by atoms with E-state index in [1.54, 1.807) is 0 Å². The van der Waals surface area contributed by atoms with Crippen LogP contribution >= 0.6 is 11.8 Å². The van der Waals surface area contributed by atoms with Crippen molar-refractivity contribution in [3.63, 3.8) is 0 Å². The van der Waals surface area contributed by atoms with Gasteiger partial charge in [0, 0.05) is 29.8 Å². The number of hydrogen-bond acceptors (Lipinski definition) is 3. The van der Waals surface area contributed by atoms with Crippen LogP contribution < -0.4 is 0 Å². The van der Waals surface area contributed by atoms with E-state index in [0.717, 1.165) is 18.7 Å². The maximum absolute atomic E-state index is 9.13. The highest BCUT2D eigenvalue weighted by Crippen LogP contribution is 2.22. The van der Waals surface area contributed by atoms with Gasteiger partial charge in [0.1, 0.15) is 0 Å². The van der Waals surface area contributed by atoms with Gasteiger partial charge in [-0.1, -0.05) is 24.1 Å². The maximum atomic E-state index is 9.13. The molecular formula is C16H25NOS. The Bertz CT molecular complexity index is 364. The largest absolute Gasteiger partial charge is 0.396 e. The van der Waals surface area contributed by atoms with Gasteiger partial charge in [-0.15, -0.1) is 11.8 Å². The van der Waals surface area contributed by atoms with Crippen molar-refractivity contribution in [2.45, 2.75) is 43.5 Å². The molecule has 0 spiro atoms. The van der Waals surface area contributed by atoms with Crippen LogP contribution in [0.2, 0.25) is 0 Å². The number of piperidine rings is 1. The van der Waals surface area contributed by atoms with Gasteiger partial charge in [-0.2, -0.15) is 0 Å². The maximum Gasteiger partial charge on any atom is 0.0445 e. The van der Waals surface area contributed by atoms with Crippen LogP contribution in [0.3, 0.4) is 0 Å². The average molecular weight is 279 g/mol. The average Bonchev–Trinajstić information content (AvgIpc) is 2.43. The number of nitrogens with zero attached hydrogens (tertiary/aromatic N) is 1. The summed E-state index contributed by atoms with van der Waals surface area (Å²) in [5.41, 5.74) is 1.32. The van der Waals surface area contributed by atoms with Crippen molar-refractivity contribution in [2.24, 2.45) is 0 Å². The highest BCUT2D eigenvalue weighted by Gasteiger charge is 2.21. The van der Waals surface area contributed by atoms with Crippen molar-refractivity contribution in [1.29, 1.82) is 0 Å². The van der Waals surface area contributed by atoms with Crippen molar-refractivity contribution in [1.82, 2.24) is 4.90 Å². The number of hydrogen-bond donors (Lipinski definition) is 1. The van der Waals surface area contributed by atoms with Crippen LogP contribution in [0.15, 0.2) is 29.2 Å². The Balaban J connectivity index is 1.75. The van der Waals surface area contributed by atoms with E-state index in [-0.39, 0.29) is 0 Å². The van der Waals surface area contributed by atoms with E-state index in [9.17, 15) is 0 Å². The van der Waals surface area contributed by atoms with Crippen LogP contribution in [0.5, 0.6) is 0 Å². The minimum absolute atomic E-state index is 0.326. The van der Waals surface area contributed by atoms with E-state index in [1.807, 2.05) is 11.8 Å². The van der Waals surface area contributed by atoms with Gasteiger partial charge in [0.15, 0.2) is 0 Å². The lowest BCUT2D eigenvalue weighted by atomic mass is 10.00. The van der Waals surface area contributed by atoms with E-state index >= 15 is 0 Å². The van der Waals surface area contributed by atoms with Crippen LogP contribution in [0, 0.1) is 6.92 Å². The summed E-state index contributed by atoms with van der Waals surface area (Å²) >= 11 is 1.94. The second-order valence-corrected chi connectivity index (χ2v) is 6.53. The van der Waals surface area contributed by atoms with Gasteiger partial charge >= 0.3 is 0 Å². The van der Waals surface area contributed by atoms with Crippen LogP contribution in [-0.4, -0.2) is 41.5 Å². The lowest BCUT2D eigenvalue weighted by Gasteiger charge is -2.35. The van der Waals surface area contributed by atoms with Crippen molar-refractivity contribution < 1.29 is 5.11 Å². The molecule has 0 aliphatic carbocycles. The zero-order chi connectivity index (χ0) is 13.5. The molecule has 1 unspecified atom stereocenters. The number of rotatable bonds is 6. The van der Waals surface area contributed by atoms with Gasteiger partial charge in [-0.25, -0.2) is 0 Å². The molecule has 1 aromatic carbocycles. The van der Waals surface area contributed by atoms with Crippen molar-refractivity contribution in [3.8, 4) is 0 Å². The molecular weight excluding hydrogens is 254 g/mol. The molecule has 1 heterocycles. The molecule has 1 atom stereocenters. The Kier molecular flexibility index (Phi) is 6.21.